The Morgan fingerprint density at radius 1 is 1.08 bits per heavy atom. The van der Waals surface area contributed by atoms with E-state index in [0.717, 1.165) is 5.57 Å². The van der Waals surface area contributed by atoms with Gasteiger partial charge in [0, 0.05) is 13.2 Å². The van der Waals surface area contributed by atoms with Crippen molar-refractivity contribution in [1.82, 2.24) is 0 Å². The summed E-state index contributed by atoms with van der Waals surface area (Å²) < 4.78 is 11.1. The van der Waals surface area contributed by atoms with Gasteiger partial charge in [0.05, 0.1) is 0 Å². The summed E-state index contributed by atoms with van der Waals surface area (Å²) in [5, 5.41) is 0. The van der Waals surface area contributed by atoms with Crippen molar-refractivity contribution >= 4 is 0 Å². The van der Waals surface area contributed by atoms with Crippen LogP contribution in [0.1, 0.15) is 67.7 Å². The summed E-state index contributed by atoms with van der Waals surface area (Å²) in [6.07, 6.45) is 16.5. The Morgan fingerprint density at radius 2 is 1.73 bits per heavy atom. The summed E-state index contributed by atoms with van der Waals surface area (Å²) in [5.74, 6) is 0. The molecule has 0 atom stereocenters. The van der Waals surface area contributed by atoms with Gasteiger partial charge in [-0.1, -0.05) is 60.9 Å². The molecule has 0 saturated carbocycles. The average molecular weight is 359 g/mol. The fraction of sp³-hybridized carbons (Fsp3) is 0.583. The molecule has 0 aliphatic heterocycles. The van der Waals surface area contributed by atoms with E-state index in [0.29, 0.717) is 18.6 Å². The minimum absolute atomic E-state index is 0.261. The summed E-state index contributed by atoms with van der Waals surface area (Å²) in [5.41, 5.74) is 5.73. The van der Waals surface area contributed by atoms with Crippen LogP contribution in [0.3, 0.4) is 0 Å². The SMILES string of the molecule is CCOC(\C=C(C)/C=C/C=C(C)\C=C/C1=C(C)CCCC1(C)C)OCC. The maximum atomic E-state index is 5.55. The monoisotopic (exact) mass is 358 g/mol. The van der Waals surface area contributed by atoms with Gasteiger partial charge < -0.3 is 9.47 Å². The van der Waals surface area contributed by atoms with E-state index in [4.69, 9.17) is 9.47 Å². The van der Waals surface area contributed by atoms with Crippen molar-refractivity contribution in [2.45, 2.75) is 74.0 Å². The summed E-state index contributed by atoms with van der Waals surface area (Å²) in [6.45, 7) is 16.5. The zero-order valence-electron chi connectivity index (χ0n) is 17.9. The van der Waals surface area contributed by atoms with Crippen LogP contribution in [0.15, 0.2) is 58.7 Å². The van der Waals surface area contributed by atoms with Gasteiger partial charge in [-0.15, -0.1) is 0 Å². The minimum Gasteiger partial charge on any atom is -0.349 e. The summed E-state index contributed by atoms with van der Waals surface area (Å²) in [6, 6.07) is 0. The van der Waals surface area contributed by atoms with Gasteiger partial charge in [0.25, 0.3) is 0 Å². The van der Waals surface area contributed by atoms with Crippen LogP contribution in [0.25, 0.3) is 0 Å². The topological polar surface area (TPSA) is 18.5 Å². The molecule has 2 heteroatoms. The lowest BCUT2D eigenvalue weighted by Gasteiger charge is -2.32. The highest BCUT2D eigenvalue weighted by Crippen LogP contribution is 2.40. The number of rotatable bonds is 9. The first-order chi connectivity index (χ1) is 12.3. The highest BCUT2D eigenvalue weighted by atomic mass is 16.7. The van der Waals surface area contributed by atoms with Crippen LogP contribution < -0.4 is 0 Å². The first-order valence-corrected chi connectivity index (χ1v) is 9.95. The van der Waals surface area contributed by atoms with E-state index in [1.807, 2.05) is 19.9 Å². The second-order valence-electron chi connectivity index (χ2n) is 7.72. The minimum atomic E-state index is -0.261. The fourth-order valence-corrected chi connectivity index (χ4v) is 3.38. The molecule has 0 heterocycles. The van der Waals surface area contributed by atoms with E-state index >= 15 is 0 Å². The lowest BCUT2D eigenvalue weighted by Crippen LogP contribution is -2.19. The molecule has 26 heavy (non-hydrogen) atoms. The van der Waals surface area contributed by atoms with E-state index in [-0.39, 0.29) is 6.29 Å². The molecule has 0 N–H and O–H groups in total. The molecule has 0 aromatic rings. The molecule has 0 fully saturated rings. The quantitative estimate of drug-likeness (QED) is 0.329. The number of allylic oxidation sites excluding steroid dienone is 9. The average Bonchev–Trinajstić information content (AvgIpc) is 2.54. The Balaban J connectivity index is 2.74. The molecule has 0 saturated heterocycles. The smallest absolute Gasteiger partial charge is 0.177 e. The summed E-state index contributed by atoms with van der Waals surface area (Å²) in [7, 11) is 0. The first kappa shape index (κ1) is 22.7. The van der Waals surface area contributed by atoms with Crippen LogP contribution in [0.4, 0.5) is 0 Å². The van der Waals surface area contributed by atoms with Crippen LogP contribution in [0.5, 0.6) is 0 Å². The van der Waals surface area contributed by atoms with Crippen molar-refractivity contribution in [3.63, 3.8) is 0 Å². The lowest BCUT2D eigenvalue weighted by atomic mass is 9.72. The zero-order chi connectivity index (χ0) is 19.6. The zero-order valence-corrected chi connectivity index (χ0v) is 17.9. The maximum absolute atomic E-state index is 5.55. The first-order valence-electron chi connectivity index (χ1n) is 9.95. The van der Waals surface area contributed by atoms with E-state index in [1.54, 1.807) is 0 Å². The Morgan fingerprint density at radius 3 is 2.31 bits per heavy atom. The summed E-state index contributed by atoms with van der Waals surface area (Å²) in [4.78, 5) is 0. The molecule has 0 spiro atoms. The summed E-state index contributed by atoms with van der Waals surface area (Å²) >= 11 is 0. The highest BCUT2D eigenvalue weighted by molar-refractivity contribution is 5.37. The molecule has 0 bridgehead atoms. The van der Waals surface area contributed by atoms with Crippen molar-refractivity contribution in [2.24, 2.45) is 5.41 Å². The highest BCUT2D eigenvalue weighted by Gasteiger charge is 2.26. The van der Waals surface area contributed by atoms with Gasteiger partial charge in [0.1, 0.15) is 0 Å². The van der Waals surface area contributed by atoms with E-state index in [9.17, 15) is 0 Å². The lowest BCUT2D eigenvalue weighted by molar-refractivity contribution is -0.104. The van der Waals surface area contributed by atoms with E-state index in [2.05, 4.69) is 65.0 Å². The molecule has 146 valence electrons. The predicted molar refractivity (Wildman–Crippen MR) is 113 cm³/mol. The third kappa shape index (κ3) is 7.88. The molecular weight excluding hydrogens is 320 g/mol. The van der Waals surface area contributed by atoms with Gasteiger partial charge in [-0.05, 0) is 70.9 Å². The maximum Gasteiger partial charge on any atom is 0.177 e. The number of ether oxygens (including phenoxy) is 2. The normalized spacial score (nSPS) is 19.4. The largest absolute Gasteiger partial charge is 0.349 e. The van der Waals surface area contributed by atoms with Crippen LogP contribution in [0, 0.1) is 5.41 Å². The van der Waals surface area contributed by atoms with E-state index < -0.39 is 0 Å². The van der Waals surface area contributed by atoms with Gasteiger partial charge in [-0.25, -0.2) is 0 Å². The van der Waals surface area contributed by atoms with Crippen molar-refractivity contribution < 1.29 is 9.47 Å². The standard InChI is InChI=1S/C24H38O2/c1-8-25-23(26-9-2)18-20(4)13-10-12-19(3)15-16-22-21(5)14-11-17-24(22,6)7/h10,12-13,15-16,18,23H,8-9,11,14,17H2,1-7H3/b13-10+,16-15-,19-12-,20-18-. The number of hydrogen-bond donors (Lipinski definition) is 0. The van der Waals surface area contributed by atoms with Crippen LogP contribution in [-0.4, -0.2) is 19.5 Å². The van der Waals surface area contributed by atoms with Gasteiger partial charge in [0.15, 0.2) is 6.29 Å². The van der Waals surface area contributed by atoms with Gasteiger partial charge >= 0.3 is 0 Å². The van der Waals surface area contributed by atoms with Gasteiger partial charge in [0.2, 0.25) is 0 Å². The molecule has 0 radical (unpaired) electrons. The van der Waals surface area contributed by atoms with Crippen molar-refractivity contribution in [3.8, 4) is 0 Å². The third-order valence-electron chi connectivity index (χ3n) is 4.83. The Bertz CT molecular complexity index is 579. The molecule has 0 unspecified atom stereocenters. The molecule has 1 aliphatic carbocycles. The van der Waals surface area contributed by atoms with Gasteiger partial charge in [-0.3, -0.25) is 0 Å². The molecule has 0 aromatic carbocycles. The fourth-order valence-electron chi connectivity index (χ4n) is 3.38. The number of hydrogen-bond acceptors (Lipinski definition) is 2. The molecule has 1 aliphatic rings. The molecule has 2 nitrogen and oxygen atoms in total. The van der Waals surface area contributed by atoms with Crippen LogP contribution in [0.2, 0.25) is 0 Å². The van der Waals surface area contributed by atoms with Crippen molar-refractivity contribution in [2.75, 3.05) is 13.2 Å². The van der Waals surface area contributed by atoms with Gasteiger partial charge in [-0.2, -0.15) is 0 Å². The Labute approximate surface area is 161 Å². The molecule has 0 amide bonds. The molecular formula is C24H38O2. The van der Waals surface area contributed by atoms with Crippen molar-refractivity contribution in [3.05, 3.63) is 58.7 Å². The Hall–Kier alpha value is -1.38. The van der Waals surface area contributed by atoms with E-state index in [1.165, 1.54) is 36.0 Å². The van der Waals surface area contributed by atoms with Crippen LogP contribution >= 0.6 is 0 Å². The second-order valence-corrected chi connectivity index (χ2v) is 7.72. The van der Waals surface area contributed by atoms with Crippen LogP contribution in [-0.2, 0) is 9.47 Å². The Kier molecular flexibility index (Phi) is 9.90. The van der Waals surface area contributed by atoms with Crippen molar-refractivity contribution in [1.29, 1.82) is 0 Å². The predicted octanol–water partition coefficient (Wildman–Crippen LogP) is 6.92. The second kappa shape index (κ2) is 11.4. The third-order valence-corrected chi connectivity index (χ3v) is 4.83. The molecule has 1 rings (SSSR count). The molecule has 0 aromatic heterocycles.